The number of hydrogen-bond acceptors (Lipinski definition) is 6. The highest BCUT2D eigenvalue weighted by molar-refractivity contribution is 5.74. The van der Waals surface area contributed by atoms with Crippen molar-refractivity contribution in [1.82, 2.24) is 10.2 Å². The van der Waals surface area contributed by atoms with Gasteiger partial charge in [-0.25, -0.2) is 4.79 Å². The Morgan fingerprint density at radius 3 is 2.52 bits per heavy atom. The monoisotopic (exact) mass is 338 g/mol. The zero-order valence-corrected chi connectivity index (χ0v) is 14.0. The molecule has 0 spiro atoms. The Bertz CT molecular complexity index is 828. The lowest BCUT2D eigenvalue weighted by Gasteiger charge is -2.13. The van der Waals surface area contributed by atoms with E-state index in [2.05, 4.69) is 10.2 Å². The summed E-state index contributed by atoms with van der Waals surface area (Å²) in [4.78, 5) is 12.0. The van der Waals surface area contributed by atoms with E-state index in [0.717, 1.165) is 11.1 Å². The van der Waals surface area contributed by atoms with Crippen LogP contribution in [0, 0.1) is 6.92 Å². The summed E-state index contributed by atoms with van der Waals surface area (Å²) >= 11 is 0. The van der Waals surface area contributed by atoms with Crippen LogP contribution in [-0.2, 0) is 16.1 Å². The molecular weight excluding hydrogens is 320 g/mol. The number of aryl methyl sites for hydroxylation is 1. The summed E-state index contributed by atoms with van der Waals surface area (Å²) in [5.74, 6) is 0.726. The molecule has 6 nitrogen and oxygen atoms in total. The third kappa shape index (κ3) is 4.44. The maximum Gasteiger partial charge on any atom is 0.347 e. The lowest BCUT2D eigenvalue weighted by Crippen LogP contribution is -2.26. The fourth-order valence-electron chi connectivity index (χ4n) is 2.13. The molecule has 0 N–H and O–H groups in total. The van der Waals surface area contributed by atoms with Crippen LogP contribution in [0.2, 0.25) is 0 Å². The topological polar surface area (TPSA) is 74.5 Å². The van der Waals surface area contributed by atoms with Crippen molar-refractivity contribution in [2.24, 2.45) is 0 Å². The highest BCUT2D eigenvalue weighted by Gasteiger charge is 2.18. The highest BCUT2D eigenvalue weighted by atomic mass is 16.6. The van der Waals surface area contributed by atoms with Crippen molar-refractivity contribution in [3.05, 3.63) is 66.1 Å². The number of benzene rings is 2. The minimum absolute atomic E-state index is 0.0970. The van der Waals surface area contributed by atoms with Crippen LogP contribution in [0.4, 0.5) is 0 Å². The third-order valence-electron chi connectivity index (χ3n) is 3.49. The molecule has 1 unspecified atom stereocenters. The predicted octanol–water partition coefficient (Wildman–Crippen LogP) is 3.56. The predicted molar refractivity (Wildman–Crippen MR) is 90.8 cm³/mol. The van der Waals surface area contributed by atoms with Crippen LogP contribution < -0.4 is 4.74 Å². The zero-order valence-electron chi connectivity index (χ0n) is 14.0. The Hall–Kier alpha value is -3.15. The molecule has 3 rings (SSSR count). The molecule has 0 amide bonds. The summed E-state index contributed by atoms with van der Waals surface area (Å²) in [6.45, 7) is 3.52. The van der Waals surface area contributed by atoms with Crippen LogP contribution >= 0.6 is 0 Å². The summed E-state index contributed by atoms with van der Waals surface area (Å²) in [7, 11) is 0. The van der Waals surface area contributed by atoms with Gasteiger partial charge in [0.2, 0.25) is 5.89 Å². The number of ether oxygens (including phenoxy) is 2. The normalized spacial score (nSPS) is 11.8. The first-order chi connectivity index (χ1) is 12.1. The van der Waals surface area contributed by atoms with Crippen molar-refractivity contribution >= 4 is 5.97 Å². The Kier molecular flexibility index (Phi) is 5.09. The van der Waals surface area contributed by atoms with E-state index in [9.17, 15) is 4.79 Å². The molecule has 2 aromatic carbocycles. The molecule has 1 heterocycles. The Labute approximate surface area is 145 Å². The summed E-state index contributed by atoms with van der Waals surface area (Å²) < 4.78 is 16.2. The Morgan fingerprint density at radius 1 is 1.08 bits per heavy atom. The van der Waals surface area contributed by atoms with Gasteiger partial charge in [-0.15, -0.1) is 10.2 Å². The molecule has 0 aliphatic rings. The zero-order chi connectivity index (χ0) is 17.6. The van der Waals surface area contributed by atoms with Crippen LogP contribution in [0.3, 0.4) is 0 Å². The van der Waals surface area contributed by atoms with Crippen LogP contribution in [0.1, 0.15) is 18.4 Å². The molecule has 1 atom stereocenters. The van der Waals surface area contributed by atoms with Gasteiger partial charge in [0, 0.05) is 5.56 Å². The molecule has 0 aliphatic heterocycles. The van der Waals surface area contributed by atoms with Crippen molar-refractivity contribution in [1.29, 1.82) is 0 Å². The van der Waals surface area contributed by atoms with Crippen molar-refractivity contribution in [3.8, 4) is 17.2 Å². The molecule has 0 saturated carbocycles. The van der Waals surface area contributed by atoms with E-state index < -0.39 is 12.1 Å². The first-order valence-corrected chi connectivity index (χ1v) is 7.89. The molecule has 0 bridgehead atoms. The first kappa shape index (κ1) is 16.7. The van der Waals surface area contributed by atoms with Crippen molar-refractivity contribution < 1.29 is 18.7 Å². The summed E-state index contributed by atoms with van der Waals surface area (Å²) in [6.07, 6.45) is -0.737. The van der Waals surface area contributed by atoms with Crippen LogP contribution in [0.15, 0.2) is 59.0 Å². The summed E-state index contributed by atoms with van der Waals surface area (Å²) in [5, 5.41) is 7.83. The lowest BCUT2D eigenvalue weighted by atomic mass is 10.2. The number of aromatic nitrogens is 2. The van der Waals surface area contributed by atoms with E-state index in [1.165, 1.54) is 0 Å². The summed E-state index contributed by atoms with van der Waals surface area (Å²) in [5.41, 5.74) is 1.93. The summed E-state index contributed by atoms with van der Waals surface area (Å²) in [6, 6.07) is 16.8. The average molecular weight is 338 g/mol. The number of esters is 1. The van der Waals surface area contributed by atoms with Crippen molar-refractivity contribution in [3.63, 3.8) is 0 Å². The van der Waals surface area contributed by atoms with E-state index in [-0.39, 0.29) is 12.5 Å². The Morgan fingerprint density at radius 2 is 1.80 bits per heavy atom. The fraction of sp³-hybridized carbons (Fsp3) is 0.211. The number of hydrogen-bond donors (Lipinski definition) is 0. The number of carbonyl (C=O) groups excluding carboxylic acids is 1. The van der Waals surface area contributed by atoms with Gasteiger partial charge in [0.05, 0.1) is 0 Å². The first-order valence-electron chi connectivity index (χ1n) is 7.89. The van der Waals surface area contributed by atoms with Crippen LogP contribution in [0.5, 0.6) is 5.75 Å². The second kappa shape index (κ2) is 7.61. The van der Waals surface area contributed by atoms with Gasteiger partial charge in [0.1, 0.15) is 5.75 Å². The standard InChI is InChI=1S/C19H18N2O4/c1-13-8-10-16(11-9-13)24-14(2)19(22)23-12-17-20-21-18(25-17)15-6-4-3-5-7-15/h3-11,14H,12H2,1-2H3. The molecule has 25 heavy (non-hydrogen) atoms. The van der Waals surface area contributed by atoms with Gasteiger partial charge in [-0.05, 0) is 38.1 Å². The van der Waals surface area contributed by atoms with Crippen molar-refractivity contribution in [2.45, 2.75) is 26.6 Å². The minimum Gasteiger partial charge on any atom is -0.479 e. The van der Waals surface area contributed by atoms with E-state index >= 15 is 0 Å². The van der Waals surface area contributed by atoms with Crippen LogP contribution in [-0.4, -0.2) is 22.3 Å². The largest absolute Gasteiger partial charge is 0.479 e. The van der Waals surface area contributed by atoms with E-state index in [4.69, 9.17) is 13.9 Å². The van der Waals surface area contributed by atoms with Crippen LogP contribution in [0.25, 0.3) is 11.5 Å². The molecule has 0 fully saturated rings. The number of nitrogens with zero attached hydrogens (tertiary/aromatic N) is 2. The Balaban J connectivity index is 1.53. The second-order valence-corrected chi connectivity index (χ2v) is 5.55. The fourth-order valence-corrected chi connectivity index (χ4v) is 2.13. The molecular formula is C19H18N2O4. The molecule has 128 valence electrons. The maximum atomic E-state index is 12.0. The van der Waals surface area contributed by atoms with E-state index in [1.54, 1.807) is 6.92 Å². The van der Waals surface area contributed by atoms with Gasteiger partial charge >= 0.3 is 5.97 Å². The molecule has 0 aliphatic carbocycles. The van der Waals surface area contributed by atoms with Gasteiger partial charge in [-0.3, -0.25) is 0 Å². The minimum atomic E-state index is -0.737. The van der Waals surface area contributed by atoms with E-state index in [1.807, 2.05) is 61.5 Å². The smallest absolute Gasteiger partial charge is 0.347 e. The second-order valence-electron chi connectivity index (χ2n) is 5.55. The molecule has 0 radical (unpaired) electrons. The maximum absolute atomic E-state index is 12.0. The SMILES string of the molecule is Cc1ccc(OC(C)C(=O)OCc2nnc(-c3ccccc3)o2)cc1. The van der Waals surface area contributed by atoms with E-state index in [0.29, 0.717) is 11.6 Å². The lowest BCUT2D eigenvalue weighted by molar-refractivity contribution is -0.153. The van der Waals surface area contributed by atoms with Crippen molar-refractivity contribution in [2.75, 3.05) is 0 Å². The number of carbonyl (C=O) groups is 1. The van der Waals surface area contributed by atoms with Gasteiger partial charge in [0.25, 0.3) is 5.89 Å². The van der Waals surface area contributed by atoms with Gasteiger partial charge in [0.15, 0.2) is 12.7 Å². The van der Waals surface area contributed by atoms with Gasteiger partial charge < -0.3 is 13.9 Å². The molecule has 6 heteroatoms. The third-order valence-corrected chi connectivity index (χ3v) is 3.49. The molecule has 0 saturated heterocycles. The molecule has 3 aromatic rings. The molecule has 1 aromatic heterocycles. The average Bonchev–Trinajstić information content (AvgIpc) is 3.11. The number of rotatable bonds is 6. The highest BCUT2D eigenvalue weighted by Crippen LogP contribution is 2.18. The van der Waals surface area contributed by atoms with Gasteiger partial charge in [-0.1, -0.05) is 35.9 Å². The van der Waals surface area contributed by atoms with Gasteiger partial charge in [-0.2, -0.15) is 0 Å². The quantitative estimate of drug-likeness (QED) is 0.640.